The molecular formula is C24H18O6S. The molecule has 4 aromatic rings. The van der Waals surface area contributed by atoms with E-state index in [2.05, 4.69) is 0 Å². The Morgan fingerprint density at radius 2 is 0.806 bits per heavy atom. The second-order valence-corrected chi connectivity index (χ2v) is 8.37. The van der Waals surface area contributed by atoms with Gasteiger partial charge in [0.1, 0.15) is 22.1 Å². The Kier molecular flexibility index (Phi) is 5.14. The Balaban J connectivity index is 2.09. The fraction of sp³-hybridized carbons (Fsp3) is 0. The van der Waals surface area contributed by atoms with Gasteiger partial charge in [0.25, 0.3) is 10.1 Å². The monoisotopic (exact) mass is 434 g/mol. The molecule has 0 aliphatic heterocycles. The van der Waals surface area contributed by atoms with Crippen LogP contribution in [0.5, 0.6) is 17.2 Å². The first-order valence-electron chi connectivity index (χ1n) is 9.26. The molecule has 0 atom stereocenters. The van der Waals surface area contributed by atoms with Gasteiger partial charge in [-0.3, -0.25) is 4.55 Å². The van der Waals surface area contributed by atoms with Crippen molar-refractivity contribution in [2.45, 2.75) is 4.90 Å². The summed E-state index contributed by atoms with van der Waals surface area (Å²) in [5.41, 5.74) is 2.82. The lowest BCUT2D eigenvalue weighted by molar-refractivity contribution is 0.475. The summed E-state index contributed by atoms with van der Waals surface area (Å²) in [4.78, 5) is -0.286. The third-order valence-electron chi connectivity index (χ3n) is 4.90. The topological polar surface area (TPSA) is 115 Å². The molecule has 0 amide bonds. The van der Waals surface area contributed by atoms with Gasteiger partial charge in [-0.05, 0) is 70.8 Å². The molecule has 156 valence electrons. The maximum Gasteiger partial charge on any atom is 0.295 e. The van der Waals surface area contributed by atoms with Crippen LogP contribution in [0.2, 0.25) is 0 Å². The van der Waals surface area contributed by atoms with Gasteiger partial charge in [0, 0.05) is 11.1 Å². The van der Waals surface area contributed by atoms with Crippen molar-refractivity contribution < 1.29 is 28.3 Å². The van der Waals surface area contributed by atoms with Crippen molar-refractivity contribution >= 4 is 10.1 Å². The average Bonchev–Trinajstić information content (AvgIpc) is 2.74. The van der Waals surface area contributed by atoms with E-state index < -0.39 is 10.1 Å². The van der Waals surface area contributed by atoms with Crippen molar-refractivity contribution in [2.75, 3.05) is 0 Å². The maximum atomic E-state index is 12.5. The molecule has 0 unspecified atom stereocenters. The normalized spacial score (nSPS) is 11.4. The summed E-state index contributed by atoms with van der Waals surface area (Å²) in [6, 6.07) is 21.6. The van der Waals surface area contributed by atoms with Crippen LogP contribution in [-0.4, -0.2) is 28.3 Å². The lowest BCUT2D eigenvalue weighted by atomic mass is 9.93. The van der Waals surface area contributed by atoms with Gasteiger partial charge in [0.05, 0.1) is 0 Å². The average molecular weight is 434 g/mol. The summed E-state index contributed by atoms with van der Waals surface area (Å²) in [5.74, 6) is 0.132. The molecule has 0 saturated carbocycles. The fourth-order valence-corrected chi connectivity index (χ4v) is 4.35. The Morgan fingerprint density at radius 1 is 0.484 bits per heavy atom. The van der Waals surface area contributed by atoms with E-state index in [0.29, 0.717) is 16.7 Å². The first-order chi connectivity index (χ1) is 14.7. The van der Waals surface area contributed by atoms with Gasteiger partial charge in [0.2, 0.25) is 0 Å². The van der Waals surface area contributed by atoms with Crippen molar-refractivity contribution in [3.05, 3.63) is 84.9 Å². The predicted molar refractivity (Wildman–Crippen MR) is 118 cm³/mol. The van der Waals surface area contributed by atoms with Crippen molar-refractivity contribution in [2.24, 2.45) is 0 Å². The van der Waals surface area contributed by atoms with Crippen molar-refractivity contribution in [3.8, 4) is 50.6 Å². The Labute approximate surface area is 179 Å². The van der Waals surface area contributed by atoms with Crippen molar-refractivity contribution in [3.63, 3.8) is 0 Å². The minimum atomic E-state index is -4.65. The molecule has 31 heavy (non-hydrogen) atoms. The van der Waals surface area contributed by atoms with Gasteiger partial charge >= 0.3 is 0 Å². The highest BCUT2D eigenvalue weighted by atomic mass is 32.2. The maximum absolute atomic E-state index is 12.5. The van der Waals surface area contributed by atoms with Crippen LogP contribution >= 0.6 is 0 Å². The minimum Gasteiger partial charge on any atom is -0.508 e. The highest BCUT2D eigenvalue weighted by Gasteiger charge is 2.24. The highest BCUT2D eigenvalue weighted by Crippen LogP contribution is 2.40. The first-order valence-corrected chi connectivity index (χ1v) is 10.7. The summed E-state index contributed by atoms with van der Waals surface area (Å²) in [5, 5.41) is 28.9. The van der Waals surface area contributed by atoms with E-state index in [1.54, 1.807) is 48.5 Å². The summed E-state index contributed by atoms with van der Waals surface area (Å²) in [7, 11) is -4.65. The molecule has 0 saturated heterocycles. The summed E-state index contributed by atoms with van der Waals surface area (Å²) >= 11 is 0. The molecule has 0 fully saturated rings. The second-order valence-electron chi connectivity index (χ2n) is 7.02. The lowest BCUT2D eigenvalue weighted by Gasteiger charge is -2.17. The third-order valence-corrected chi connectivity index (χ3v) is 5.86. The smallest absolute Gasteiger partial charge is 0.295 e. The van der Waals surface area contributed by atoms with Crippen LogP contribution in [0.25, 0.3) is 33.4 Å². The molecule has 7 heteroatoms. The number of phenols is 3. The molecule has 4 rings (SSSR count). The quantitative estimate of drug-likeness (QED) is 0.334. The predicted octanol–water partition coefficient (Wildman–Crippen LogP) is 5.05. The van der Waals surface area contributed by atoms with E-state index >= 15 is 0 Å². The number of aromatic hydroxyl groups is 3. The van der Waals surface area contributed by atoms with Crippen LogP contribution in [0.3, 0.4) is 0 Å². The van der Waals surface area contributed by atoms with E-state index in [0.717, 1.165) is 5.56 Å². The van der Waals surface area contributed by atoms with Crippen LogP contribution in [0.4, 0.5) is 0 Å². The fourth-order valence-electron chi connectivity index (χ4n) is 3.44. The molecular weight excluding hydrogens is 416 g/mol. The molecule has 0 spiro atoms. The number of rotatable bonds is 4. The number of benzene rings is 4. The first kappa shape index (κ1) is 20.5. The molecule has 0 aromatic heterocycles. The second kappa shape index (κ2) is 7.79. The molecule has 0 heterocycles. The van der Waals surface area contributed by atoms with E-state index in [1.165, 1.54) is 36.4 Å². The van der Waals surface area contributed by atoms with Gasteiger partial charge in [-0.15, -0.1) is 0 Å². The molecule has 6 nitrogen and oxygen atoms in total. The van der Waals surface area contributed by atoms with E-state index in [9.17, 15) is 28.3 Å². The van der Waals surface area contributed by atoms with Gasteiger partial charge in [-0.25, -0.2) is 0 Å². The van der Waals surface area contributed by atoms with Crippen LogP contribution in [0.15, 0.2) is 89.8 Å². The number of hydrogen-bond acceptors (Lipinski definition) is 5. The third kappa shape index (κ3) is 4.23. The number of phenolic OH excluding ortho intramolecular Hbond substituents is 3. The van der Waals surface area contributed by atoms with E-state index in [-0.39, 0.29) is 33.3 Å². The zero-order valence-corrected chi connectivity index (χ0v) is 16.9. The van der Waals surface area contributed by atoms with Crippen molar-refractivity contribution in [1.29, 1.82) is 0 Å². The molecule has 0 bridgehead atoms. The minimum absolute atomic E-state index is 0.0191. The van der Waals surface area contributed by atoms with E-state index in [1.807, 2.05) is 0 Å². The van der Waals surface area contributed by atoms with Gasteiger partial charge in [-0.1, -0.05) is 36.4 Å². The van der Waals surface area contributed by atoms with Crippen LogP contribution in [0, 0.1) is 0 Å². The lowest BCUT2D eigenvalue weighted by Crippen LogP contribution is -2.04. The molecule has 4 N–H and O–H groups in total. The largest absolute Gasteiger partial charge is 0.508 e. The van der Waals surface area contributed by atoms with Crippen molar-refractivity contribution in [1.82, 2.24) is 0 Å². The Morgan fingerprint density at radius 3 is 1.13 bits per heavy atom. The van der Waals surface area contributed by atoms with Crippen LogP contribution in [-0.2, 0) is 10.1 Å². The van der Waals surface area contributed by atoms with Gasteiger partial charge < -0.3 is 15.3 Å². The zero-order valence-electron chi connectivity index (χ0n) is 16.1. The SMILES string of the molecule is O=S(=O)(O)c1c(-c2ccc(O)cc2)cc(-c2ccc(O)cc2)cc1-c1ccc(O)cc1. The van der Waals surface area contributed by atoms with Crippen LogP contribution < -0.4 is 0 Å². The molecule has 0 aliphatic rings. The summed E-state index contributed by atoms with van der Waals surface area (Å²) in [6.07, 6.45) is 0. The number of hydrogen-bond donors (Lipinski definition) is 4. The van der Waals surface area contributed by atoms with Gasteiger partial charge in [0.15, 0.2) is 0 Å². The zero-order chi connectivity index (χ0) is 22.2. The molecule has 0 aliphatic carbocycles. The van der Waals surface area contributed by atoms with E-state index in [4.69, 9.17) is 0 Å². The highest BCUT2D eigenvalue weighted by molar-refractivity contribution is 7.86. The van der Waals surface area contributed by atoms with Crippen LogP contribution in [0.1, 0.15) is 0 Å². The molecule has 4 aromatic carbocycles. The summed E-state index contributed by atoms with van der Waals surface area (Å²) in [6.45, 7) is 0. The molecule has 0 radical (unpaired) electrons. The standard InChI is InChI=1S/C24H18O6S/c25-19-7-1-15(2-8-19)18-13-22(16-3-9-20(26)10-4-16)24(31(28,29)30)23(14-18)17-5-11-21(27)12-6-17/h1-14,25-27H,(H,28,29,30). The van der Waals surface area contributed by atoms with Gasteiger partial charge in [-0.2, -0.15) is 8.42 Å². The Bertz CT molecular complexity index is 1270. The summed E-state index contributed by atoms with van der Waals surface area (Å²) < 4.78 is 35.1. The Hall–Kier alpha value is -3.81.